The fraction of sp³-hybridized carbons (Fsp3) is 0.600. The largest absolute Gasteiger partial charge is 0.478 e. The van der Waals surface area contributed by atoms with Crippen molar-refractivity contribution in [3.05, 3.63) is 22.5 Å². The van der Waals surface area contributed by atoms with E-state index in [2.05, 4.69) is 11.9 Å². The third kappa shape index (κ3) is 2.31. The lowest BCUT2D eigenvalue weighted by molar-refractivity contribution is 0.0693. The van der Waals surface area contributed by atoms with E-state index in [1.165, 1.54) is 6.42 Å². The van der Waals surface area contributed by atoms with Crippen molar-refractivity contribution in [2.75, 3.05) is 0 Å². The Kier molecular flexibility index (Phi) is 3.78. The minimum absolute atomic E-state index is 0.0188. The van der Waals surface area contributed by atoms with Gasteiger partial charge in [0.2, 0.25) is 0 Å². The topological polar surface area (TPSA) is 70.2 Å². The summed E-state index contributed by atoms with van der Waals surface area (Å²) in [4.78, 5) is 25.6. The van der Waals surface area contributed by atoms with E-state index in [1.807, 2.05) is 6.92 Å². The monoisotopic (exact) mass is 263 g/mol. The molecule has 1 aromatic heterocycles. The summed E-state index contributed by atoms with van der Waals surface area (Å²) in [5.74, 6) is -1.01. The number of carboxylic acids is 1. The number of hydrogen-bond donors (Lipinski definition) is 2. The molecule has 4 nitrogen and oxygen atoms in total. The van der Waals surface area contributed by atoms with Crippen LogP contribution in [0.3, 0.4) is 0 Å². The van der Waals surface area contributed by atoms with Gasteiger partial charge in [0, 0.05) is 11.1 Å². The summed E-state index contributed by atoms with van der Waals surface area (Å²) in [6.45, 7) is 4.12. The number of H-pyrrole nitrogens is 1. The molecule has 2 N–H and O–H groups in total. The molecule has 0 aliphatic heterocycles. The smallest absolute Gasteiger partial charge is 0.338 e. The van der Waals surface area contributed by atoms with Crippen molar-refractivity contribution in [3.8, 4) is 0 Å². The zero-order valence-electron chi connectivity index (χ0n) is 11.6. The predicted molar refractivity (Wildman–Crippen MR) is 73.0 cm³/mol. The van der Waals surface area contributed by atoms with Crippen LogP contribution in [0, 0.1) is 0 Å². The highest BCUT2D eigenvalue weighted by atomic mass is 16.4. The molecule has 0 atom stereocenters. The predicted octanol–water partition coefficient (Wildman–Crippen LogP) is 3.31. The van der Waals surface area contributed by atoms with E-state index < -0.39 is 5.97 Å². The van der Waals surface area contributed by atoms with Gasteiger partial charge < -0.3 is 10.1 Å². The van der Waals surface area contributed by atoms with E-state index in [0.717, 1.165) is 36.9 Å². The van der Waals surface area contributed by atoms with Crippen LogP contribution in [-0.4, -0.2) is 22.3 Å². The molecular formula is C15H21NO3. The van der Waals surface area contributed by atoms with Crippen molar-refractivity contribution in [2.45, 2.75) is 57.8 Å². The zero-order valence-corrected chi connectivity index (χ0v) is 11.6. The summed E-state index contributed by atoms with van der Waals surface area (Å²) in [6.07, 6.45) is 6.93. The third-order valence-corrected chi connectivity index (χ3v) is 4.38. The molecule has 0 bridgehead atoms. The molecule has 0 radical (unpaired) electrons. The van der Waals surface area contributed by atoms with Crippen LogP contribution in [0.15, 0.2) is 0 Å². The first-order chi connectivity index (χ1) is 9.03. The number of hydrogen-bond acceptors (Lipinski definition) is 2. The number of aromatic nitrogens is 1. The van der Waals surface area contributed by atoms with E-state index >= 15 is 0 Å². The zero-order chi connectivity index (χ0) is 14.0. The number of carbonyl (C=O) groups excluding carboxylic acids is 1. The maximum Gasteiger partial charge on any atom is 0.338 e. The Morgan fingerprint density at radius 1 is 1.37 bits per heavy atom. The Balaban J connectivity index is 2.56. The van der Waals surface area contributed by atoms with E-state index in [1.54, 1.807) is 0 Å². The number of nitrogens with one attached hydrogen (secondary N) is 1. The van der Waals surface area contributed by atoms with Gasteiger partial charge in [-0.05, 0) is 24.8 Å². The number of aldehydes is 1. The second-order valence-electron chi connectivity index (χ2n) is 5.67. The quantitative estimate of drug-likeness (QED) is 0.819. The SMILES string of the molecule is CCc1c(C2(C)CCCCC2)[nH]c(C=O)c1C(=O)O. The average molecular weight is 263 g/mol. The molecule has 1 fully saturated rings. The lowest BCUT2D eigenvalue weighted by atomic mass is 9.72. The maximum absolute atomic E-state index is 11.4. The molecule has 0 unspecified atom stereocenters. The number of carboxylic acid groups (broad SMARTS) is 1. The van der Waals surface area contributed by atoms with Crippen LogP contribution in [0.2, 0.25) is 0 Å². The highest BCUT2D eigenvalue weighted by molar-refractivity contribution is 5.98. The van der Waals surface area contributed by atoms with Crippen molar-refractivity contribution in [1.29, 1.82) is 0 Å². The minimum Gasteiger partial charge on any atom is -0.478 e. The van der Waals surface area contributed by atoms with Gasteiger partial charge in [-0.15, -0.1) is 0 Å². The Morgan fingerprint density at radius 3 is 2.47 bits per heavy atom. The molecule has 1 aliphatic carbocycles. The summed E-state index contributed by atoms with van der Waals surface area (Å²) in [7, 11) is 0. The molecule has 2 rings (SSSR count). The van der Waals surface area contributed by atoms with E-state index in [-0.39, 0.29) is 16.7 Å². The van der Waals surface area contributed by atoms with Crippen LogP contribution in [-0.2, 0) is 11.8 Å². The second kappa shape index (κ2) is 5.19. The molecule has 0 aromatic carbocycles. The van der Waals surface area contributed by atoms with Gasteiger partial charge in [-0.3, -0.25) is 4.79 Å². The Bertz CT molecular complexity index is 496. The Morgan fingerprint density at radius 2 is 2.00 bits per heavy atom. The maximum atomic E-state index is 11.4. The fourth-order valence-electron chi connectivity index (χ4n) is 3.34. The van der Waals surface area contributed by atoms with E-state index in [9.17, 15) is 14.7 Å². The highest BCUT2D eigenvalue weighted by Crippen LogP contribution is 2.41. The molecule has 1 saturated carbocycles. The van der Waals surface area contributed by atoms with Gasteiger partial charge in [0.1, 0.15) is 0 Å². The molecule has 19 heavy (non-hydrogen) atoms. The van der Waals surface area contributed by atoms with Crippen LogP contribution in [0.5, 0.6) is 0 Å². The second-order valence-corrected chi connectivity index (χ2v) is 5.67. The first-order valence-corrected chi connectivity index (χ1v) is 6.97. The van der Waals surface area contributed by atoms with Crippen LogP contribution in [0.4, 0.5) is 0 Å². The molecule has 1 heterocycles. The van der Waals surface area contributed by atoms with Crippen molar-refractivity contribution in [2.24, 2.45) is 0 Å². The lowest BCUT2D eigenvalue weighted by Crippen LogP contribution is -2.27. The standard InChI is InChI=1S/C15H21NO3/c1-3-10-12(14(18)19)11(9-17)16-13(10)15(2)7-5-4-6-8-15/h9,16H,3-8H2,1-2H3,(H,18,19). The Hall–Kier alpha value is -1.58. The average Bonchev–Trinajstić information content (AvgIpc) is 2.79. The van der Waals surface area contributed by atoms with Gasteiger partial charge in [0.15, 0.2) is 6.29 Å². The summed E-state index contributed by atoms with van der Waals surface area (Å²) in [6, 6.07) is 0. The van der Waals surface area contributed by atoms with Crippen molar-refractivity contribution < 1.29 is 14.7 Å². The summed E-state index contributed by atoms with van der Waals surface area (Å²) in [5, 5.41) is 9.33. The normalized spacial score (nSPS) is 18.2. The lowest BCUT2D eigenvalue weighted by Gasteiger charge is -2.34. The van der Waals surface area contributed by atoms with Gasteiger partial charge in [-0.25, -0.2) is 4.79 Å². The Labute approximate surface area is 113 Å². The van der Waals surface area contributed by atoms with Crippen LogP contribution < -0.4 is 0 Å². The molecule has 104 valence electrons. The molecule has 1 aromatic rings. The van der Waals surface area contributed by atoms with Crippen LogP contribution in [0.1, 0.15) is 78.1 Å². The van der Waals surface area contributed by atoms with Gasteiger partial charge in [0.25, 0.3) is 0 Å². The highest BCUT2D eigenvalue weighted by Gasteiger charge is 2.35. The van der Waals surface area contributed by atoms with Gasteiger partial charge in [-0.2, -0.15) is 0 Å². The van der Waals surface area contributed by atoms with Gasteiger partial charge in [0.05, 0.1) is 11.3 Å². The van der Waals surface area contributed by atoms with Gasteiger partial charge in [-0.1, -0.05) is 33.1 Å². The molecule has 1 aliphatic rings. The number of aromatic carboxylic acids is 1. The van der Waals surface area contributed by atoms with E-state index in [4.69, 9.17) is 0 Å². The van der Waals surface area contributed by atoms with Crippen molar-refractivity contribution in [1.82, 2.24) is 4.98 Å². The van der Waals surface area contributed by atoms with Crippen molar-refractivity contribution >= 4 is 12.3 Å². The molecule has 0 amide bonds. The molecule has 0 spiro atoms. The molecule has 0 saturated heterocycles. The van der Waals surface area contributed by atoms with Crippen molar-refractivity contribution in [3.63, 3.8) is 0 Å². The third-order valence-electron chi connectivity index (χ3n) is 4.38. The first-order valence-electron chi connectivity index (χ1n) is 6.97. The molecule has 4 heteroatoms. The summed E-state index contributed by atoms with van der Waals surface area (Å²) < 4.78 is 0. The number of aromatic amines is 1. The molecular weight excluding hydrogens is 242 g/mol. The number of rotatable bonds is 4. The summed E-state index contributed by atoms with van der Waals surface area (Å²) in [5.41, 5.74) is 2.13. The van der Waals surface area contributed by atoms with Gasteiger partial charge >= 0.3 is 5.97 Å². The number of carbonyl (C=O) groups is 2. The van der Waals surface area contributed by atoms with E-state index in [0.29, 0.717) is 12.7 Å². The first kappa shape index (κ1) is 13.8. The minimum atomic E-state index is -1.01. The summed E-state index contributed by atoms with van der Waals surface area (Å²) >= 11 is 0. The van der Waals surface area contributed by atoms with Crippen LogP contribution in [0.25, 0.3) is 0 Å². The van der Waals surface area contributed by atoms with Crippen LogP contribution >= 0.6 is 0 Å². The fourth-order valence-corrected chi connectivity index (χ4v) is 3.34.